The second-order valence-corrected chi connectivity index (χ2v) is 9.32. The second-order valence-electron chi connectivity index (χ2n) is 8.33. The van der Waals surface area contributed by atoms with E-state index in [1.54, 1.807) is 27.9 Å². The molecule has 1 N–H and O–H groups in total. The monoisotopic (exact) mass is 425 g/mol. The van der Waals surface area contributed by atoms with Crippen LogP contribution in [0, 0.1) is 21.8 Å². The molecule has 0 aromatic heterocycles. The van der Waals surface area contributed by atoms with Crippen LogP contribution in [-0.4, -0.2) is 50.7 Å². The highest BCUT2D eigenvalue weighted by atomic mass is 32.2. The standard InChI is InChI=1S/C19H24FN3O5S/c1-18(2,3)22(17(24)25)16-21-19(9-13(28-4)7-11(19)10-29-16)14-8-12(23(26)27)5-6-15(14)20/h5-6,8,11,13H,7,9-10H2,1-4H3,(H,24,25)/t11-,13+,19-/m0/s1. The fraction of sp³-hybridized carbons (Fsp3) is 0.579. The summed E-state index contributed by atoms with van der Waals surface area (Å²) in [6.45, 7) is 5.26. The van der Waals surface area contributed by atoms with E-state index in [0.717, 1.165) is 12.1 Å². The molecule has 0 bridgehead atoms. The molecule has 158 valence electrons. The van der Waals surface area contributed by atoms with E-state index in [-0.39, 0.29) is 28.4 Å². The second kappa shape index (κ2) is 7.56. The first kappa shape index (κ1) is 21.5. The van der Waals surface area contributed by atoms with Gasteiger partial charge in [-0.15, -0.1) is 0 Å². The number of hydrogen-bond acceptors (Lipinski definition) is 6. The number of carbonyl (C=O) groups is 1. The van der Waals surface area contributed by atoms with Crippen LogP contribution in [0.4, 0.5) is 14.9 Å². The number of non-ortho nitro benzene ring substituents is 1. The Morgan fingerprint density at radius 3 is 2.72 bits per heavy atom. The Balaban J connectivity index is 2.21. The summed E-state index contributed by atoms with van der Waals surface area (Å²) in [7, 11) is 1.57. The number of nitrogens with zero attached hydrogens (tertiary/aromatic N) is 3. The molecule has 1 saturated carbocycles. The first-order valence-corrected chi connectivity index (χ1v) is 10.2. The van der Waals surface area contributed by atoms with Crippen molar-refractivity contribution in [2.75, 3.05) is 12.9 Å². The van der Waals surface area contributed by atoms with Crippen LogP contribution in [-0.2, 0) is 10.3 Å². The van der Waals surface area contributed by atoms with E-state index in [1.165, 1.54) is 22.7 Å². The third kappa shape index (κ3) is 3.83. The Hall–Kier alpha value is -2.20. The number of thioether (sulfide) groups is 1. The van der Waals surface area contributed by atoms with Crippen LogP contribution < -0.4 is 0 Å². The van der Waals surface area contributed by atoms with Crippen LogP contribution in [0.5, 0.6) is 0 Å². The molecule has 0 radical (unpaired) electrons. The first-order valence-electron chi connectivity index (χ1n) is 9.22. The highest BCUT2D eigenvalue weighted by Crippen LogP contribution is 2.53. The maximum atomic E-state index is 14.9. The fourth-order valence-corrected chi connectivity index (χ4v) is 5.60. The van der Waals surface area contributed by atoms with Crippen LogP contribution in [0.1, 0.15) is 39.2 Å². The summed E-state index contributed by atoms with van der Waals surface area (Å²) in [5.74, 6) is -0.209. The van der Waals surface area contributed by atoms with Gasteiger partial charge in [0.2, 0.25) is 0 Å². The predicted octanol–water partition coefficient (Wildman–Crippen LogP) is 4.24. The van der Waals surface area contributed by atoms with E-state index in [2.05, 4.69) is 0 Å². The van der Waals surface area contributed by atoms with Gasteiger partial charge in [0.1, 0.15) is 5.82 Å². The summed E-state index contributed by atoms with van der Waals surface area (Å²) >= 11 is 1.31. The molecule has 8 nitrogen and oxygen atoms in total. The number of nitro groups is 1. The normalized spacial score (nSPS) is 26.6. The molecule has 10 heteroatoms. The van der Waals surface area contributed by atoms with Crippen LogP contribution in [0.15, 0.2) is 23.2 Å². The lowest BCUT2D eigenvalue weighted by Crippen LogP contribution is -2.50. The van der Waals surface area contributed by atoms with E-state index < -0.39 is 27.9 Å². The lowest BCUT2D eigenvalue weighted by Gasteiger charge is -2.41. The Morgan fingerprint density at radius 1 is 1.48 bits per heavy atom. The number of fused-ring (bicyclic) bond motifs is 1. The fourth-order valence-electron chi connectivity index (χ4n) is 4.13. The minimum Gasteiger partial charge on any atom is -0.465 e. The van der Waals surface area contributed by atoms with Gasteiger partial charge in [0.25, 0.3) is 5.69 Å². The Labute approximate surface area is 172 Å². The van der Waals surface area contributed by atoms with E-state index in [1.807, 2.05) is 0 Å². The largest absolute Gasteiger partial charge is 0.465 e. The molecule has 2 aliphatic rings. The van der Waals surface area contributed by atoms with Crippen molar-refractivity contribution in [3.8, 4) is 0 Å². The van der Waals surface area contributed by atoms with Gasteiger partial charge in [0.15, 0.2) is 5.17 Å². The lowest BCUT2D eigenvalue weighted by molar-refractivity contribution is -0.385. The number of halogens is 1. The summed E-state index contributed by atoms with van der Waals surface area (Å²) < 4.78 is 20.4. The highest BCUT2D eigenvalue weighted by Gasteiger charge is 2.53. The number of methoxy groups -OCH3 is 1. The topological polar surface area (TPSA) is 105 Å². The molecular formula is C19H24FN3O5S. The average molecular weight is 425 g/mol. The van der Waals surface area contributed by atoms with Crippen molar-refractivity contribution < 1.29 is 24.0 Å². The molecule has 1 fully saturated rings. The zero-order chi connectivity index (χ0) is 21.6. The Kier molecular flexibility index (Phi) is 5.61. The number of benzene rings is 1. The van der Waals surface area contributed by atoms with Gasteiger partial charge in [-0.1, -0.05) is 11.8 Å². The molecule has 3 atom stereocenters. The number of amides is 1. The van der Waals surface area contributed by atoms with Gasteiger partial charge in [-0.05, 0) is 33.3 Å². The Morgan fingerprint density at radius 2 is 2.17 bits per heavy atom. The van der Waals surface area contributed by atoms with Crippen molar-refractivity contribution in [1.29, 1.82) is 0 Å². The van der Waals surface area contributed by atoms with Crippen LogP contribution in [0.3, 0.4) is 0 Å². The molecule has 3 rings (SSSR count). The molecule has 1 aliphatic carbocycles. The number of carboxylic acid groups (broad SMARTS) is 1. The van der Waals surface area contributed by atoms with Crippen LogP contribution >= 0.6 is 11.8 Å². The minimum absolute atomic E-state index is 0.119. The molecular weight excluding hydrogens is 401 g/mol. The molecule has 1 aliphatic heterocycles. The Bertz CT molecular complexity index is 872. The minimum atomic E-state index is -1.15. The number of ether oxygens (including phenoxy) is 1. The number of rotatable bonds is 3. The van der Waals surface area contributed by atoms with Crippen LogP contribution in [0.2, 0.25) is 0 Å². The summed E-state index contributed by atoms with van der Waals surface area (Å²) in [5, 5.41) is 21.3. The molecule has 1 aromatic rings. The van der Waals surface area contributed by atoms with Gasteiger partial charge in [0.05, 0.1) is 16.6 Å². The number of amidine groups is 1. The predicted molar refractivity (Wildman–Crippen MR) is 108 cm³/mol. The summed E-state index contributed by atoms with van der Waals surface area (Å²) in [4.78, 5) is 28.6. The number of hydrogen-bond donors (Lipinski definition) is 1. The third-order valence-corrected chi connectivity index (χ3v) is 6.59. The van der Waals surface area contributed by atoms with Gasteiger partial charge < -0.3 is 9.84 Å². The lowest BCUT2D eigenvalue weighted by atomic mass is 9.81. The zero-order valence-corrected chi connectivity index (χ0v) is 17.5. The van der Waals surface area contributed by atoms with Crippen molar-refractivity contribution in [3.63, 3.8) is 0 Å². The van der Waals surface area contributed by atoms with Crippen molar-refractivity contribution in [3.05, 3.63) is 39.7 Å². The van der Waals surface area contributed by atoms with Crippen molar-refractivity contribution >= 4 is 28.7 Å². The quantitative estimate of drug-likeness (QED) is 0.574. The molecule has 29 heavy (non-hydrogen) atoms. The smallest absolute Gasteiger partial charge is 0.413 e. The SMILES string of the molecule is CO[C@@H]1C[C@H]2CSC(N(C(=O)O)C(C)(C)C)=N[C@@]2(c2cc([N+](=O)[O-])ccc2F)C1. The number of aliphatic imine (C=N–C) groups is 1. The average Bonchev–Trinajstić information content (AvgIpc) is 2.99. The van der Waals surface area contributed by atoms with Gasteiger partial charge in [-0.25, -0.2) is 14.2 Å². The van der Waals surface area contributed by atoms with Gasteiger partial charge in [0, 0.05) is 48.4 Å². The van der Waals surface area contributed by atoms with Crippen molar-refractivity contribution in [1.82, 2.24) is 4.90 Å². The summed E-state index contributed by atoms with van der Waals surface area (Å²) in [5.41, 5.74) is -1.98. The summed E-state index contributed by atoms with van der Waals surface area (Å²) in [6.07, 6.45) is -0.410. The molecule has 0 spiro atoms. The van der Waals surface area contributed by atoms with E-state index in [4.69, 9.17) is 9.73 Å². The zero-order valence-electron chi connectivity index (χ0n) is 16.7. The molecule has 1 amide bonds. The van der Waals surface area contributed by atoms with E-state index >= 15 is 0 Å². The van der Waals surface area contributed by atoms with Crippen LogP contribution in [0.25, 0.3) is 0 Å². The molecule has 0 unspecified atom stereocenters. The van der Waals surface area contributed by atoms with Crippen molar-refractivity contribution in [2.45, 2.75) is 50.8 Å². The van der Waals surface area contributed by atoms with E-state index in [9.17, 15) is 24.4 Å². The van der Waals surface area contributed by atoms with Gasteiger partial charge in [-0.3, -0.25) is 15.0 Å². The maximum Gasteiger partial charge on any atom is 0.413 e. The third-order valence-electron chi connectivity index (χ3n) is 5.48. The first-order chi connectivity index (χ1) is 13.5. The number of nitro benzene ring substituents is 1. The summed E-state index contributed by atoms with van der Waals surface area (Å²) in [6, 6.07) is 3.42. The van der Waals surface area contributed by atoms with E-state index in [0.29, 0.717) is 18.6 Å². The van der Waals surface area contributed by atoms with Gasteiger partial charge >= 0.3 is 6.09 Å². The molecule has 1 aromatic carbocycles. The molecule has 0 saturated heterocycles. The highest BCUT2D eigenvalue weighted by molar-refractivity contribution is 8.13. The van der Waals surface area contributed by atoms with Crippen molar-refractivity contribution in [2.24, 2.45) is 10.9 Å². The maximum absolute atomic E-state index is 14.9. The van der Waals surface area contributed by atoms with Gasteiger partial charge in [-0.2, -0.15) is 0 Å². The molecule has 1 heterocycles.